The van der Waals surface area contributed by atoms with Crippen molar-refractivity contribution in [3.63, 3.8) is 0 Å². The molecule has 3 nitrogen and oxygen atoms in total. The molecule has 108 valence electrons. The zero-order valence-electron chi connectivity index (χ0n) is 11.7. The van der Waals surface area contributed by atoms with Crippen LogP contribution in [0.1, 0.15) is 37.7 Å². The molecule has 0 saturated heterocycles. The van der Waals surface area contributed by atoms with Crippen molar-refractivity contribution < 1.29 is 4.79 Å². The first-order valence-electron chi connectivity index (χ1n) is 6.72. The van der Waals surface area contributed by atoms with Crippen molar-refractivity contribution in [2.75, 3.05) is 13.6 Å². The summed E-state index contributed by atoms with van der Waals surface area (Å²) in [6.07, 6.45) is 4.91. The number of benzene rings is 1. The lowest BCUT2D eigenvalue weighted by atomic mass is 10.1. The number of hydrogen-bond donors (Lipinski definition) is 1. The fraction of sp³-hybridized carbons (Fsp3) is 0.533. The Balaban J connectivity index is 0.00000324. The number of amides is 1. The first-order valence-corrected chi connectivity index (χ1v) is 6.72. The molecule has 19 heavy (non-hydrogen) atoms. The van der Waals surface area contributed by atoms with E-state index in [0.29, 0.717) is 13.0 Å². The van der Waals surface area contributed by atoms with Crippen molar-refractivity contribution in [3.05, 3.63) is 35.9 Å². The molecule has 0 atom stereocenters. The number of hydrogen-bond acceptors (Lipinski definition) is 2. The van der Waals surface area contributed by atoms with Gasteiger partial charge in [-0.3, -0.25) is 4.79 Å². The van der Waals surface area contributed by atoms with Crippen molar-refractivity contribution in [1.29, 1.82) is 0 Å². The summed E-state index contributed by atoms with van der Waals surface area (Å²) in [4.78, 5) is 13.7. The van der Waals surface area contributed by atoms with E-state index in [1.807, 2.05) is 37.4 Å². The lowest BCUT2D eigenvalue weighted by Crippen LogP contribution is -2.25. The van der Waals surface area contributed by atoms with E-state index in [9.17, 15) is 4.79 Å². The van der Waals surface area contributed by atoms with Crippen molar-refractivity contribution in [2.24, 2.45) is 5.73 Å². The number of carbonyl (C=O) groups excluding carboxylic acids is 1. The Kier molecular flexibility index (Phi) is 10.2. The van der Waals surface area contributed by atoms with Gasteiger partial charge in [-0.15, -0.1) is 12.4 Å². The van der Waals surface area contributed by atoms with Gasteiger partial charge in [0.1, 0.15) is 0 Å². The van der Waals surface area contributed by atoms with E-state index in [-0.39, 0.29) is 18.3 Å². The van der Waals surface area contributed by atoms with Crippen LogP contribution < -0.4 is 5.73 Å². The molecule has 0 aliphatic heterocycles. The van der Waals surface area contributed by atoms with Crippen molar-refractivity contribution >= 4 is 18.3 Å². The predicted octanol–water partition coefficient (Wildman–Crippen LogP) is 2.98. The minimum atomic E-state index is 0. The average molecular weight is 285 g/mol. The number of nitrogens with zero attached hydrogens (tertiary/aromatic N) is 1. The molecule has 0 aliphatic rings. The Morgan fingerprint density at radius 1 is 1.11 bits per heavy atom. The molecule has 0 aromatic heterocycles. The van der Waals surface area contributed by atoms with E-state index in [1.54, 1.807) is 4.90 Å². The maximum Gasteiger partial charge on any atom is 0.222 e. The Bertz CT molecular complexity index is 343. The third-order valence-electron chi connectivity index (χ3n) is 3.03. The molecule has 1 aromatic rings. The molecule has 1 aromatic carbocycles. The Morgan fingerprint density at radius 3 is 2.37 bits per heavy atom. The number of unbranched alkanes of at least 4 members (excludes halogenated alkanes) is 3. The highest BCUT2D eigenvalue weighted by Gasteiger charge is 2.08. The van der Waals surface area contributed by atoms with E-state index in [0.717, 1.165) is 32.2 Å². The van der Waals surface area contributed by atoms with Crippen LogP contribution in [-0.2, 0) is 11.3 Å². The van der Waals surface area contributed by atoms with Gasteiger partial charge in [0.25, 0.3) is 0 Å². The van der Waals surface area contributed by atoms with Gasteiger partial charge in [-0.1, -0.05) is 43.2 Å². The van der Waals surface area contributed by atoms with Gasteiger partial charge < -0.3 is 10.6 Å². The lowest BCUT2D eigenvalue weighted by molar-refractivity contribution is -0.130. The lowest BCUT2D eigenvalue weighted by Gasteiger charge is -2.17. The number of nitrogens with two attached hydrogens (primary N) is 1. The molecule has 0 saturated carbocycles. The largest absolute Gasteiger partial charge is 0.341 e. The van der Waals surface area contributed by atoms with Gasteiger partial charge in [-0.25, -0.2) is 0 Å². The van der Waals surface area contributed by atoms with Crippen LogP contribution in [0, 0.1) is 0 Å². The third-order valence-corrected chi connectivity index (χ3v) is 3.03. The van der Waals surface area contributed by atoms with E-state index in [2.05, 4.69) is 0 Å². The zero-order valence-corrected chi connectivity index (χ0v) is 12.5. The Labute approximate surface area is 122 Å². The second-order valence-corrected chi connectivity index (χ2v) is 4.69. The minimum Gasteiger partial charge on any atom is -0.341 e. The highest BCUT2D eigenvalue weighted by atomic mass is 35.5. The van der Waals surface area contributed by atoms with Crippen LogP contribution in [0.15, 0.2) is 30.3 Å². The molecule has 1 amide bonds. The fourth-order valence-electron chi connectivity index (χ4n) is 1.91. The quantitative estimate of drug-likeness (QED) is 0.746. The van der Waals surface area contributed by atoms with Gasteiger partial charge in [0.05, 0.1) is 0 Å². The number of halogens is 1. The molecule has 4 heteroatoms. The van der Waals surface area contributed by atoms with Gasteiger partial charge >= 0.3 is 0 Å². The van der Waals surface area contributed by atoms with Gasteiger partial charge in [0.2, 0.25) is 5.91 Å². The predicted molar refractivity (Wildman–Crippen MR) is 82.3 cm³/mol. The molecule has 0 unspecified atom stereocenters. The van der Waals surface area contributed by atoms with Crippen LogP contribution in [0.2, 0.25) is 0 Å². The van der Waals surface area contributed by atoms with Gasteiger partial charge in [0, 0.05) is 20.0 Å². The van der Waals surface area contributed by atoms with E-state index < -0.39 is 0 Å². The number of carbonyl (C=O) groups is 1. The van der Waals surface area contributed by atoms with Gasteiger partial charge in [-0.05, 0) is 24.9 Å². The highest BCUT2D eigenvalue weighted by molar-refractivity contribution is 5.85. The molecule has 0 radical (unpaired) electrons. The summed E-state index contributed by atoms with van der Waals surface area (Å²) in [5, 5.41) is 0. The monoisotopic (exact) mass is 284 g/mol. The topological polar surface area (TPSA) is 46.3 Å². The average Bonchev–Trinajstić information content (AvgIpc) is 2.39. The molecule has 0 aliphatic carbocycles. The van der Waals surface area contributed by atoms with E-state index in [1.165, 1.54) is 5.56 Å². The summed E-state index contributed by atoms with van der Waals surface area (Å²) < 4.78 is 0. The summed E-state index contributed by atoms with van der Waals surface area (Å²) in [5.74, 6) is 0.228. The van der Waals surface area contributed by atoms with Crippen LogP contribution in [0.5, 0.6) is 0 Å². The molecule has 0 spiro atoms. The molecular weight excluding hydrogens is 260 g/mol. The Morgan fingerprint density at radius 2 is 1.74 bits per heavy atom. The zero-order chi connectivity index (χ0) is 13.2. The first kappa shape index (κ1) is 17.9. The van der Waals surface area contributed by atoms with Crippen LogP contribution >= 0.6 is 12.4 Å². The van der Waals surface area contributed by atoms with Gasteiger partial charge in [-0.2, -0.15) is 0 Å². The van der Waals surface area contributed by atoms with E-state index >= 15 is 0 Å². The summed E-state index contributed by atoms with van der Waals surface area (Å²) >= 11 is 0. The van der Waals surface area contributed by atoms with Crippen LogP contribution in [0.25, 0.3) is 0 Å². The number of rotatable bonds is 8. The molecule has 0 fully saturated rings. The second-order valence-electron chi connectivity index (χ2n) is 4.69. The summed E-state index contributed by atoms with van der Waals surface area (Å²) in [6, 6.07) is 10.1. The smallest absolute Gasteiger partial charge is 0.222 e. The van der Waals surface area contributed by atoms with Crippen LogP contribution in [0.3, 0.4) is 0 Å². The molecule has 1 rings (SSSR count). The van der Waals surface area contributed by atoms with Crippen molar-refractivity contribution in [3.8, 4) is 0 Å². The third kappa shape index (κ3) is 7.85. The van der Waals surface area contributed by atoms with Crippen LogP contribution in [0.4, 0.5) is 0 Å². The first-order chi connectivity index (χ1) is 8.74. The summed E-state index contributed by atoms with van der Waals surface area (Å²) in [5.41, 5.74) is 6.61. The van der Waals surface area contributed by atoms with Crippen molar-refractivity contribution in [1.82, 2.24) is 4.90 Å². The standard InChI is InChI=1S/C15H24N2O.ClH/c1-17(13-14-9-5-4-6-10-14)15(18)11-7-2-3-8-12-16;/h4-6,9-10H,2-3,7-8,11-13,16H2,1H3;1H. The normalized spacial score (nSPS) is 9.79. The maximum absolute atomic E-state index is 11.9. The molecule has 0 bridgehead atoms. The van der Waals surface area contributed by atoms with E-state index in [4.69, 9.17) is 5.73 Å². The van der Waals surface area contributed by atoms with Crippen molar-refractivity contribution in [2.45, 2.75) is 38.6 Å². The summed E-state index contributed by atoms with van der Waals surface area (Å²) in [6.45, 7) is 1.45. The molecular formula is C15H25ClN2O. The SMILES string of the molecule is CN(Cc1ccccc1)C(=O)CCCCCCN.Cl. The summed E-state index contributed by atoms with van der Waals surface area (Å²) in [7, 11) is 1.87. The Hall–Kier alpha value is -1.06. The molecule has 0 heterocycles. The second kappa shape index (κ2) is 10.8. The fourth-order valence-corrected chi connectivity index (χ4v) is 1.91. The van der Waals surface area contributed by atoms with Gasteiger partial charge in [0.15, 0.2) is 0 Å². The van der Waals surface area contributed by atoms with Crippen LogP contribution in [-0.4, -0.2) is 24.4 Å². The highest BCUT2D eigenvalue weighted by Crippen LogP contribution is 2.07. The minimum absolute atomic E-state index is 0. The maximum atomic E-state index is 11.9. The molecule has 2 N–H and O–H groups in total.